The van der Waals surface area contributed by atoms with E-state index in [4.69, 9.17) is 15.9 Å². The number of aliphatic carboxylic acids is 1. The van der Waals surface area contributed by atoms with Crippen molar-refractivity contribution in [2.45, 2.75) is 6.04 Å². The van der Waals surface area contributed by atoms with Gasteiger partial charge in [0.15, 0.2) is 0 Å². The molecule has 13 heavy (non-hydrogen) atoms. The van der Waals surface area contributed by atoms with Crippen molar-refractivity contribution >= 4 is 5.97 Å². The lowest BCUT2D eigenvalue weighted by Crippen LogP contribution is -2.33. The van der Waals surface area contributed by atoms with E-state index in [0.717, 1.165) is 0 Å². The predicted molar refractivity (Wildman–Crippen MR) is 49.1 cm³/mol. The molecular weight excluding hydrogens is 170 g/mol. The number of hydrogen-bond donors (Lipinski definition) is 3. The summed E-state index contributed by atoms with van der Waals surface area (Å²) in [6.07, 6.45) is 0. The van der Waals surface area contributed by atoms with Crippen LogP contribution in [0.25, 0.3) is 0 Å². The van der Waals surface area contributed by atoms with Crippen molar-refractivity contribution in [3.63, 3.8) is 0 Å². The zero-order valence-corrected chi connectivity index (χ0v) is 7.13. The quantitative estimate of drug-likeness (QED) is 0.606. The zero-order valence-electron chi connectivity index (χ0n) is 7.13. The van der Waals surface area contributed by atoms with Crippen molar-refractivity contribution in [1.29, 1.82) is 0 Å². The fourth-order valence-corrected chi connectivity index (χ4v) is 0.463. The number of carbonyl (C=O) groups is 1. The van der Waals surface area contributed by atoms with Crippen LogP contribution in [0.5, 0.6) is 0 Å². The highest BCUT2D eigenvalue weighted by atomic mass is 16.4. The van der Waals surface area contributed by atoms with Crippen LogP contribution in [0.3, 0.4) is 0 Å². The Morgan fingerprint density at radius 1 is 1.15 bits per heavy atom. The molecule has 0 amide bonds. The maximum atomic E-state index is 9.65. The second kappa shape index (κ2) is 7.27. The summed E-state index contributed by atoms with van der Waals surface area (Å²) in [7, 11) is 0. The predicted octanol–water partition coefficient (Wildman–Crippen LogP) is 0.0772. The van der Waals surface area contributed by atoms with Crippen LogP contribution in [0, 0.1) is 0 Å². The van der Waals surface area contributed by atoms with E-state index in [0.29, 0.717) is 0 Å². The van der Waals surface area contributed by atoms with Crippen molar-refractivity contribution in [1.82, 2.24) is 0 Å². The first-order valence-corrected chi connectivity index (χ1v) is 3.77. The SMILES string of the molecule is NC(CO)C(=O)O.c1ccccc1. The summed E-state index contributed by atoms with van der Waals surface area (Å²) in [5, 5.41) is 15.9. The zero-order chi connectivity index (χ0) is 10.1. The van der Waals surface area contributed by atoms with E-state index in [1.165, 1.54) is 0 Å². The van der Waals surface area contributed by atoms with E-state index in [9.17, 15) is 4.79 Å². The molecule has 1 atom stereocenters. The Morgan fingerprint density at radius 2 is 1.46 bits per heavy atom. The molecule has 4 heteroatoms. The number of hydrogen-bond acceptors (Lipinski definition) is 3. The Morgan fingerprint density at radius 3 is 1.54 bits per heavy atom. The minimum atomic E-state index is -1.18. The van der Waals surface area contributed by atoms with Crippen LogP contribution in [0.2, 0.25) is 0 Å². The summed E-state index contributed by atoms with van der Waals surface area (Å²) < 4.78 is 0. The Kier molecular flexibility index (Phi) is 6.49. The molecule has 0 saturated carbocycles. The maximum absolute atomic E-state index is 9.65. The van der Waals surface area contributed by atoms with E-state index < -0.39 is 18.6 Å². The molecule has 4 nitrogen and oxygen atoms in total. The van der Waals surface area contributed by atoms with Gasteiger partial charge in [-0.25, -0.2) is 0 Å². The largest absolute Gasteiger partial charge is 0.480 e. The van der Waals surface area contributed by atoms with Crippen LogP contribution in [0.15, 0.2) is 36.4 Å². The van der Waals surface area contributed by atoms with Gasteiger partial charge in [-0.1, -0.05) is 36.4 Å². The number of nitrogens with two attached hydrogens (primary N) is 1. The minimum absolute atomic E-state index is 0.505. The van der Waals surface area contributed by atoms with Crippen LogP contribution >= 0.6 is 0 Å². The van der Waals surface area contributed by atoms with Crippen molar-refractivity contribution in [3.05, 3.63) is 36.4 Å². The van der Waals surface area contributed by atoms with E-state index in [1.807, 2.05) is 36.4 Å². The molecule has 72 valence electrons. The van der Waals surface area contributed by atoms with Crippen molar-refractivity contribution in [3.8, 4) is 0 Å². The molecule has 0 heterocycles. The number of carboxylic acids is 1. The van der Waals surface area contributed by atoms with Crippen LogP contribution < -0.4 is 5.73 Å². The third-order valence-electron chi connectivity index (χ3n) is 1.18. The summed E-state index contributed by atoms with van der Waals surface area (Å²) >= 11 is 0. The molecule has 0 aliphatic heterocycles. The highest BCUT2D eigenvalue weighted by Gasteiger charge is 2.06. The molecule has 0 aliphatic carbocycles. The average Bonchev–Trinajstić information content (AvgIpc) is 2.20. The summed E-state index contributed by atoms with van der Waals surface area (Å²) in [6.45, 7) is -0.505. The number of rotatable bonds is 2. The van der Waals surface area contributed by atoms with Gasteiger partial charge in [-0.2, -0.15) is 0 Å². The molecule has 1 aromatic rings. The third-order valence-corrected chi connectivity index (χ3v) is 1.18. The molecule has 1 unspecified atom stereocenters. The van der Waals surface area contributed by atoms with Gasteiger partial charge >= 0.3 is 5.97 Å². The number of aliphatic hydroxyl groups is 1. The standard InChI is InChI=1S/C6H6.C3H7NO3/c1-2-4-6-5-3-1;4-2(1-5)3(6)7/h1-6H;2,5H,1,4H2,(H,6,7). The van der Waals surface area contributed by atoms with Gasteiger partial charge in [-0.3, -0.25) is 4.79 Å². The molecule has 0 fully saturated rings. The van der Waals surface area contributed by atoms with E-state index in [1.54, 1.807) is 0 Å². The number of carboxylic acid groups (broad SMARTS) is 1. The lowest BCUT2D eigenvalue weighted by Gasteiger charge is -1.96. The van der Waals surface area contributed by atoms with Crippen LogP contribution in [0.1, 0.15) is 0 Å². The molecule has 0 aliphatic rings. The lowest BCUT2D eigenvalue weighted by molar-refractivity contribution is -0.139. The van der Waals surface area contributed by atoms with Gasteiger partial charge in [0.1, 0.15) is 6.04 Å². The minimum Gasteiger partial charge on any atom is -0.480 e. The molecule has 0 radical (unpaired) electrons. The maximum Gasteiger partial charge on any atom is 0.322 e. The average molecular weight is 183 g/mol. The Bertz CT molecular complexity index is 199. The second-order valence-corrected chi connectivity index (χ2v) is 2.28. The second-order valence-electron chi connectivity index (χ2n) is 2.28. The molecule has 1 aromatic carbocycles. The van der Waals surface area contributed by atoms with Crippen molar-refractivity contribution < 1.29 is 15.0 Å². The highest BCUT2D eigenvalue weighted by Crippen LogP contribution is 1.79. The molecule has 0 bridgehead atoms. The Labute approximate surface area is 76.6 Å². The van der Waals surface area contributed by atoms with Crippen molar-refractivity contribution in [2.75, 3.05) is 6.61 Å². The normalized spacial score (nSPS) is 10.9. The fraction of sp³-hybridized carbons (Fsp3) is 0.222. The molecule has 1 rings (SSSR count). The van der Waals surface area contributed by atoms with Gasteiger partial charge in [0.05, 0.1) is 6.61 Å². The first kappa shape index (κ1) is 11.6. The van der Waals surface area contributed by atoms with Gasteiger partial charge in [0, 0.05) is 0 Å². The van der Waals surface area contributed by atoms with Gasteiger partial charge < -0.3 is 15.9 Å². The summed E-state index contributed by atoms with van der Waals surface area (Å²) in [5.41, 5.74) is 4.77. The Hall–Kier alpha value is -1.39. The first-order chi connectivity index (χ1) is 6.18. The summed E-state index contributed by atoms with van der Waals surface area (Å²) in [6, 6.07) is 10.9. The van der Waals surface area contributed by atoms with Gasteiger partial charge in [-0.05, 0) is 0 Å². The summed E-state index contributed by atoms with van der Waals surface area (Å²) in [4.78, 5) is 9.65. The molecule has 0 spiro atoms. The van der Waals surface area contributed by atoms with Gasteiger partial charge in [0.2, 0.25) is 0 Å². The monoisotopic (exact) mass is 183 g/mol. The third kappa shape index (κ3) is 6.99. The van der Waals surface area contributed by atoms with E-state index in [-0.39, 0.29) is 0 Å². The topological polar surface area (TPSA) is 83.5 Å². The smallest absolute Gasteiger partial charge is 0.322 e. The molecule has 4 N–H and O–H groups in total. The molecular formula is C9H13NO3. The van der Waals surface area contributed by atoms with Crippen LogP contribution in [-0.4, -0.2) is 28.8 Å². The summed E-state index contributed by atoms with van der Waals surface area (Å²) in [5.74, 6) is -1.18. The Balaban J connectivity index is 0.000000223. The fourth-order valence-electron chi connectivity index (χ4n) is 0.463. The van der Waals surface area contributed by atoms with Gasteiger partial charge in [0.25, 0.3) is 0 Å². The van der Waals surface area contributed by atoms with E-state index in [2.05, 4.69) is 0 Å². The lowest BCUT2D eigenvalue weighted by atomic mass is 10.3. The van der Waals surface area contributed by atoms with Crippen molar-refractivity contribution in [2.24, 2.45) is 5.73 Å². The first-order valence-electron chi connectivity index (χ1n) is 3.77. The highest BCUT2D eigenvalue weighted by molar-refractivity contribution is 5.73. The molecule has 0 aromatic heterocycles. The van der Waals surface area contributed by atoms with Gasteiger partial charge in [-0.15, -0.1) is 0 Å². The van der Waals surface area contributed by atoms with Crippen LogP contribution in [0.4, 0.5) is 0 Å². The number of benzene rings is 1. The number of aliphatic hydroxyl groups excluding tert-OH is 1. The van der Waals surface area contributed by atoms with E-state index >= 15 is 0 Å². The molecule has 0 saturated heterocycles. The van der Waals surface area contributed by atoms with Crippen LogP contribution in [-0.2, 0) is 4.79 Å².